The normalized spacial score (nSPS) is 16.0. The topological polar surface area (TPSA) is 69.8 Å². The molecule has 0 amide bonds. The highest BCUT2D eigenvalue weighted by Crippen LogP contribution is 2.35. The van der Waals surface area contributed by atoms with Crippen molar-refractivity contribution in [1.29, 1.82) is 0 Å². The van der Waals surface area contributed by atoms with Gasteiger partial charge in [0.1, 0.15) is 17.4 Å². The third-order valence-electron chi connectivity index (χ3n) is 6.76. The number of benzene rings is 3. The summed E-state index contributed by atoms with van der Waals surface area (Å²) in [6.07, 6.45) is 4.62. The minimum Gasteiger partial charge on any atom is -0.496 e. The maximum Gasteiger partial charge on any atom is 0.141 e. The fourth-order valence-electron chi connectivity index (χ4n) is 4.95. The maximum atomic E-state index is 5.72. The van der Waals surface area contributed by atoms with Crippen LogP contribution in [0, 0.1) is 0 Å². The summed E-state index contributed by atoms with van der Waals surface area (Å²) >= 11 is 0. The van der Waals surface area contributed by atoms with Gasteiger partial charge >= 0.3 is 0 Å². The first-order valence-corrected chi connectivity index (χ1v) is 11.7. The summed E-state index contributed by atoms with van der Waals surface area (Å²) < 4.78 is 5.72. The van der Waals surface area contributed by atoms with Gasteiger partial charge in [-0.25, -0.2) is 9.97 Å². The van der Waals surface area contributed by atoms with Crippen molar-refractivity contribution >= 4 is 11.0 Å². The van der Waals surface area contributed by atoms with Gasteiger partial charge in [-0.15, -0.1) is 0 Å². The van der Waals surface area contributed by atoms with Gasteiger partial charge in [-0.2, -0.15) is 0 Å². The zero-order valence-corrected chi connectivity index (χ0v) is 19.4. The first kappa shape index (κ1) is 20.7. The Morgan fingerprint density at radius 2 is 1.94 bits per heavy atom. The fraction of sp³-hybridized carbons (Fsp3) is 0.214. The van der Waals surface area contributed by atoms with E-state index < -0.39 is 0 Å². The zero-order valence-electron chi connectivity index (χ0n) is 19.4. The number of imidazole rings is 2. The molecule has 0 aliphatic carbocycles. The summed E-state index contributed by atoms with van der Waals surface area (Å²) in [6, 6.07) is 21.7. The summed E-state index contributed by atoms with van der Waals surface area (Å²) in [7, 11) is 1.72. The molecule has 1 unspecified atom stereocenters. The average molecular weight is 450 g/mol. The van der Waals surface area contributed by atoms with Gasteiger partial charge in [-0.3, -0.25) is 4.90 Å². The fourth-order valence-corrected chi connectivity index (χ4v) is 4.95. The second-order valence-corrected chi connectivity index (χ2v) is 9.02. The molecular formula is C28H27N5O. The van der Waals surface area contributed by atoms with Crippen molar-refractivity contribution in [2.75, 3.05) is 7.11 Å². The van der Waals surface area contributed by atoms with Crippen LogP contribution in [0.4, 0.5) is 0 Å². The Morgan fingerprint density at radius 1 is 1.03 bits per heavy atom. The van der Waals surface area contributed by atoms with Crippen LogP contribution in [0.5, 0.6) is 5.75 Å². The smallest absolute Gasteiger partial charge is 0.141 e. The molecular weight excluding hydrogens is 422 g/mol. The molecule has 0 saturated heterocycles. The number of hydrogen-bond acceptors (Lipinski definition) is 4. The lowest BCUT2D eigenvalue weighted by Gasteiger charge is -2.35. The van der Waals surface area contributed by atoms with Gasteiger partial charge < -0.3 is 14.7 Å². The number of methoxy groups -OCH3 is 1. The molecule has 3 heterocycles. The van der Waals surface area contributed by atoms with Gasteiger partial charge in [-0.1, -0.05) is 30.3 Å². The summed E-state index contributed by atoms with van der Waals surface area (Å²) in [5.41, 5.74) is 8.16. The Kier molecular flexibility index (Phi) is 5.15. The quantitative estimate of drug-likeness (QED) is 0.368. The number of nitrogens with zero attached hydrogens (tertiary/aromatic N) is 3. The molecule has 1 aliphatic heterocycles. The van der Waals surface area contributed by atoms with E-state index in [-0.39, 0.29) is 0 Å². The molecule has 1 atom stereocenters. The van der Waals surface area contributed by atoms with E-state index in [4.69, 9.17) is 9.72 Å². The SMILES string of the molecule is COc1cc2c(cc1-c1ncc[nH]1)CC(C)N(Cc1cccc(-c3nc4ccccc4[nH]3)c1)C2. The molecule has 0 fully saturated rings. The number of aromatic amines is 2. The largest absolute Gasteiger partial charge is 0.496 e. The van der Waals surface area contributed by atoms with Gasteiger partial charge in [0.15, 0.2) is 0 Å². The standard InChI is InChI=1S/C28H27N5O/c1-18-12-21-14-23(28-29-10-11-30-28)26(34-2)15-22(21)17-33(18)16-19-6-5-7-20(13-19)27-31-24-8-3-4-9-25(24)32-27/h3-11,13-15,18H,12,16-17H2,1-2H3,(H,29,30)(H,31,32). The first-order chi connectivity index (χ1) is 16.7. The predicted octanol–water partition coefficient (Wildman–Crippen LogP) is 5.58. The molecule has 170 valence electrons. The molecule has 0 radical (unpaired) electrons. The minimum atomic E-state index is 0.431. The van der Waals surface area contributed by atoms with Crippen LogP contribution in [0.2, 0.25) is 0 Å². The highest BCUT2D eigenvalue weighted by Gasteiger charge is 2.25. The Bertz CT molecular complexity index is 1420. The average Bonchev–Trinajstić information content (AvgIpc) is 3.54. The van der Waals surface area contributed by atoms with Crippen molar-refractivity contribution in [1.82, 2.24) is 24.8 Å². The number of rotatable bonds is 5. The van der Waals surface area contributed by atoms with Crippen LogP contribution in [0.1, 0.15) is 23.6 Å². The molecule has 0 spiro atoms. The van der Waals surface area contributed by atoms with Gasteiger partial charge in [0, 0.05) is 37.1 Å². The van der Waals surface area contributed by atoms with Crippen molar-refractivity contribution in [2.24, 2.45) is 0 Å². The van der Waals surface area contributed by atoms with Crippen molar-refractivity contribution in [3.05, 3.63) is 89.7 Å². The Balaban J connectivity index is 1.26. The third kappa shape index (κ3) is 3.76. The summed E-state index contributed by atoms with van der Waals surface area (Å²) in [5.74, 6) is 2.61. The predicted molar refractivity (Wildman–Crippen MR) is 135 cm³/mol. The molecule has 6 heteroatoms. The minimum absolute atomic E-state index is 0.431. The summed E-state index contributed by atoms with van der Waals surface area (Å²) in [5, 5.41) is 0. The van der Waals surface area contributed by atoms with Crippen LogP contribution in [0.3, 0.4) is 0 Å². The Morgan fingerprint density at radius 3 is 2.76 bits per heavy atom. The van der Waals surface area contributed by atoms with Crippen molar-refractivity contribution in [3.63, 3.8) is 0 Å². The van der Waals surface area contributed by atoms with Crippen LogP contribution >= 0.6 is 0 Å². The molecule has 0 bridgehead atoms. The van der Waals surface area contributed by atoms with E-state index in [0.29, 0.717) is 6.04 Å². The molecule has 5 aromatic rings. The van der Waals surface area contributed by atoms with E-state index in [1.54, 1.807) is 13.3 Å². The zero-order chi connectivity index (χ0) is 23.1. The summed E-state index contributed by atoms with van der Waals surface area (Å²) in [4.78, 5) is 18.4. The lowest BCUT2D eigenvalue weighted by molar-refractivity contribution is 0.175. The van der Waals surface area contributed by atoms with Crippen molar-refractivity contribution in [2.45, 2.75) is 32.5 Å². The molecule has 6 nitrogen and oxygen atoms in total. The van der Waals surface area contributed by atoms with Crippen LogP contribution in [-0.4, -0.2) is 38.0 Å². The molecule has 2 aromatic heterocycles. The van der Waals surface area contributed by atoms with Crippen LogP contribution in [0.25, 0.3) is 33.8 Å². The second-order valence-electron chi connectivity index (χ2n) is 9.02. The van der Waals surface area contributed by atoms with Gasteiger partial charge in [-0.05, 0) is 60.4 Å². The lowest BCUT2D eigenvalue weighted by Crippen LogP contribution is -2.37. The van der Waals surface area contributed by atoms with Crippen LogP contribution in [0.15, 0.2) is 73.1 Å². The first-order valence-electron chi connectivity index (χ1n) is 11.7. The van der Waals surface area contributed by atoms with Crippen LogP contribution in [-0.2, 0) is 19.5 Å². The van der Waals surface area contributed by atoms with Gasteiger partial charge in [0.25, 0.3) is 0 Å². The highest BCUT2D eigenvalue weighted by atomic mass is 16.5. The number of ether oxygens (including phenoxy) is 1. The Labute approximate surface area is 198 Å². The molecule has 1 aliphatic rings. The highest BCUT2D eigenvalue weighted by molar-refractivity contribution is 5.79. The van der Waals surface area contributed by atoms with E-state index >= 15 is 0 Å². The lowest BCUT2D eigenvalue weighted by atomic mass is 9.92. The number of fused-ring (bicyclic) bond motifs is 2. The Hall–Kier alpha value is -3.90. The van der Waals surface area contributed by atoms with E-state index in [0.717, 1.165) is 59.1 Å². The molecule has 3 aromatic carbocycles. The summed E-state index contributed by atoms with van der Waals surface area (Å²) in [6.45, 7) is 4.08. The van der Waals surface area contributed by atoms with Crippen molar-refractivity contribution in [3.8, 4) is 28.5 Å². The number of nitrogens with one attached hydrogen (secondary N) is 2. The maximum absolute atomic E-state index is 5.72. The van der Waals surface area contributed by atoms with Crippen molar-refractivity contribution < 1.29 is 4.74 Å². The second kappa shape index (κ2) is 8.47. The third-order valence-corrected chi connectivity index (χ3v) is 6.76. The molecule has 6 rings (SSSR count). The monoisotopic (exact) mass is 449 g/mol. The van der Waals surface area contributed by atoms with Gasteiger partial charge in [0.2, 0.25) is 0 Å². The van der Waals surface area contributed by atoms with E-state index in [1.807, 2.05) is 24.4 Å². The number of aromatic nitrogens is 4. The molecule has 0 saturated carbocycles. The molecule has 2 N–H and O–H groups in total. The van der Waals surface area contributed by atoms with E-state index in [9.17, 15) is 0 Å². The number of H-pyrrole nitrogens is 2. The van der Waals surface area contributed by atoms with Gasteiger partial charge in [0.05, 0.1) is 23.7 Å². The van der Waals surface area contributed by atoms with Crippen LogP contribution < -0.4 is 4.74 Å². The molecule has 34 heavy (non-hydrogen) atoms. The van der Waals surface area contributed by atoms with E-state index in [2.05, 4.69) is 69.2 Å². The number of para-hydroxylation sites is 2. The van der Waals surface area contributed by atoms with E-state index in [1.165, 1.54) is 16.7 Å². The number of hydrogen-bond donors (Lipinski definition) is 2.